The molecule has 0 saturated heterocycles. The Morgan fingerprint density at radius 2 is 1.37 bits per heavy atom. The number of rotatable bonds is 0. The maximum absolute atomic E-state index is 4.04. The zero-order valence-corrected chi connectivity index (χ0v) is 18.3. The quantitative estimate of drug-likeness (QED) is 0.552. The molecule has 5 radical (unpaired) electrons. The Morgan fingerprint density at radius 1 is 0.895 bits per heavy atom. The Balaban J connectivity index is -0.000000225. The van der Waals surface area contributed by atoms with E-state index >= 15 is 0 Å². The third-order valence-corrected chi connectivity index (χ3v) is 2.51. The molecule has 0 N–H and O–H groups in total. The minimum Gasteiger partial charge on any atom is -0.489 e. The van der Waals surface area contributed by atoms with E-state index in [9.17, 15) is 0 Å². The molecule has 2 rings (SSSR count). The molecule has 1 heterocycles. The van der Waals surface area contributed by atoms with E-state index in [2.05, 4.69) is 58.3 Å². The third kappa shape index (κ3) is 6.45. The van der Waals surface area contributed by atoms with Gasteiger partial charge in [-0.2, -0.15) is 0 Å². The topological polar surface area (TPSA) is 4.93 Å². The van der Waals surface area contributed by atoms with Crippen LogP contribution in [0.15, 0.2) is 30.5 Å². The molecule has 99 valence electrons. The van der Waals surface area contributed by atoms with Gasteiger partial charge in [0.2, 0.25) is 0 Å². The van der Waals surface area contributed by atoms with E-state index in [0.29, 0.717) is 0 Å². The molecule has 1 aromatic carbocycles. The molecule has 0 bridgehead atoms. The van der Waals surface area contributed by atoms with E-state index in [-0.39, 0.29) is 98.2 Å². The van der Waals surface area contributed by atoms with Gasteiger partial charge in [0.1, 0.15) is 0 Å². The van der Waals surface area contributed by atoms with Gasteiger partial charge in [-0.05, 0) is 5.41 Å². The van der Waals surface area contributed by atoms with Crippen LogP contribution < -0.4 is 0 Å². The number of hydrogen-bond donors (Lipinski definition) is 0. The van der Waals surface area contributed by atoms with Crippen molar-refractivity contribution in [2.45, 2.75) is 26.2 Å². The van der Waals surface area contributed by atoms with Crippen molar-refractivity contribution in [3.05, 3.63) is 43.2 Å². The molecular formula is C13H16NV5-. The standard InChI is InChI=1S/C13H16N.5V/c1-13(2,3)12-11-8-6-5-7-10(11)9-14(12)4;;;;;/h5-9H,4H2,1-3H3;;;;;/q-1;;;;;. The van der Waals surface area contributed by atoms with Crippen molar-refractivity contribution >= 4 is 10.8 Å². The van der Waals surface area contributed by atoms with Gasteiger partial charge in [-0.3, -0.25) is 0 Å². The van der Waals surface area contributed by atoms with Crippen molar-refractivity contribution in [3.8, 4) is 0 Å². The van der Waals surface area contributed by atoms with E-state index in [0.717, 1.165) is 0 Å². The second-order valence-electron chi connectivity index (χ2n) is 4.78. The molecule has 2 aromatic rings. The van der Waals surface area contributed by atoms with Crippen LogP contribution in [0.5, 0.6) is 0 Å². The predicted molar refractivity (Wildman–Crippen MR) is 61.4 cm³/mol. The van der Waals surface area contributed by atoms with Crippen LogP contribution in [-0.4, -0.2) is 4.57 Å². The minimum absolute atomic E-state index is 0. The number of aromatic nitrogens is 1. The SMILES string of the molecule is [CH2-]n1cc2ccccc2c1C(C)(C)C.[V].[V].[V].[V].[V]. The molecular weight excluding hydrogens is 425 g/mol. The summed E-state index contributed by atoms with van der Waals surface area (Å²) in [6.45, 7) is 6.66. The van der Waals surface area contributed by atoms with E-state index in [4.69, 9.17) is 0 Å². The Hall–Kier alpha value is 1.55. The Morgan fingerprint density at radius 3 is 1.84 bits per heavy atom. The summed E-state index contributed by atoms with van der Waals surface area (Å²) in [5, 5.41) is 2.59. The molecule has 1 nitrogen and oxygen atoms in total. The average Bonchev–Trinajstić information content (AvgIpc) is 2.38. The molecule has 0 fully saturated rings. The van der Waals surface area contributed by atoms with Crippen LogP contribution in [0.1, 0.15) is 26.5 Å². The van der Waals surface area contributed by atoms with Gasteiger partial charge in [-0.15, -0.1) is 7.05 Å². The van der Waals surface area contributed by atoms with Crippen LogP contribution in [-0.2, 0) is 98.2 Å². The summed E-state index contributed by atoms with van der Waals surface area (Å²) >= 11 is 0. The third-order valence-electron chi connectivity index (χ3n) is 2.51. The average molecular weight is 441 g/mol. The number of hydrogen-bond acceptors (Lipinski definition) is 0. The molecule has 0 aliphatic heterocycles. The summed E-state index contributed by atoms with van der Waals surface area (Å²) in [6.07, 6.45) is 2.09. The Kier molecular flexibility index (Phi) is 16.8. The van der Waals surface area contributed by atoms with Gasteiger partial charge < -0.3 is 4.57 Å². The second-order valence-corrected chi connectivity index (χ2v) is 4.78. The fourth-order valence-electron chi connectivity index (χ4n) is 2.05. The van der Waals surface area contributed by atoms with Gasteiger partial charge in [0.05, 0.1) is 0 Å². The normalized spacial score (nSPS) is 9.00. The molecule has 1 aromatic heterocycles. The largest absolute Gasteiger partial charge is 0.489 e. The summed E-state index contributed by atoms with van der Waals surface area (Å²) in [6, 6.07) is 8.44. The van der Waals surface area contributed by atoms with Crippen molar-refractivity contribution < 1.29 is 92.8 Å². The number of benzene rings is 1. The molecule has 0 aliphatic carbocycles. The van der Waals surface area contributed by atoms with E-state index in [1.165, 1.54) is 16.5 Å². The maximum atomic E-state index is 4.04. The summed E-state index contributed by atoms with van der Waals surface area (Å²) in [5.74, 6) is 0. The molecule has 0 amide bonds. The smallest absolute Gasteiger partial charge is 0 e. The van der Waals surface area contributed by atoms with Gasteiger partial charge in [0.25, 0.3) is 0 Å². The van der Waals surface area contributed by atoms with Crippen LogP contribution in [0, 0.1) is 7.05 Å². The van der Waals surface area contributed by atoms with Crippen LogP contribution in [0.4, 0.5) is 0 Å². The molecule has 0 spiro atoms. The first-order valence-electron chi connectivity index (χ1n) is 4.91. The van der Waals surface area contributed by atoms with Crippen LogP contribution in [0.3, 0.4) is 0 Å². The molecule has 19 heavy (non-hydrogen) atoms. The first kappa shape index (κ1) is 28.7. The zero-order chi connectivity index (χ0) is 10.3. The fraction of sp³-hybridized carbons (Fsp3) is 0.308. The monoisotopic (exact) mass is 441 g/mol. The van der Waals surface area contributed by atoms with Crippen LogP contribution >= 0.6 is 0 Å². The zero-order valence-electron chi connectivity index (χ0n) is 11.3. The van der Waals surface area contributed by atoms with Gasteiger partial charge in [-0.25, -0.2) is 0 Å². The Labute approximate surface area is 175 Å². The van der Waals surface area contributed by atoms with Crippen LogP contribution in [0.2, 0.25) is 0 Å². The first-order valence-corrected chi connectivity index (χ1v) is 4.91. The van der Waals surface area contributed by atoms with E-state index < -0.39 is 0 Å². The predicted octanol–water partition coefficient (Wildman–Crippen LogP) is 3.57. The maximum Gasteiger partial charge on any atom is 0 e. The second kappa shape index (κ2) is 11.2. The van der Waals surface area contributed by atoms with Gasteiger partial charge >= 0.3 is 0 Å². The van der Waals surface area contributed by atoms with Crippen molar-refractivity contribution in [1.29, 1.82) is 0 Å². The van der Waals surface area contributed by atoms with Gasteiger partial charge in [0.15, 0.2) is 0 Å². The molecule has 0 aliphatic rings. The molecule has 0 unspecified atom stereocenters. The van der Waals surface area contributed by atoms with Crippen molar-refractivity contribution in [3.63, 3.8) is 0 Å². The van der Waals surface area contributed by atoms with E-state index in [1.807, 2.05) is 4.57 Å². The van der Waals surface area contributed by atoms with Gasteiger partial charge in [0, 0.05) is 92.8 Å². The molecule has 0 atom stereocenters. The number of nitrogens with zero attached hydrogens (tertiary/aromatic N) is 1. The van der Waals surface area contributed by atoms with Gasteiger partial charge in [-0.1, -0.05) is 67.7 Å². The molecule has 0 saturated carbocycles. The van der Waals surface area contributed by atoms with Crippen LogP contribution in [0.25, 0.3) is 10.8 Å². The first-order chi connectivity index (χ1) is 6.50. The van der Waals surface area contributed by atoms with Crippen molar-refractivity contribution in [2.75, 3.05) is 0 Å². The Bertz CT molecular complexity index is 473. The minimum atomic E-state index is 0. The summed E-state index contributed by atoms with van der Waals surface area (Å²) in [4.78, 5) is 0. The number of fused-ring (bicyclic) bond motifs is 1. The fourth-order valence-corrected chi connectivity index (χ4v) is 2.05. The summed E-state index contributed by atoms with van der Waals surface area (Å²) in [7, 11) is 4.04. The molecule has 6 heteroatoms. The summed E-state index contributed by atoms with van der Waals surface area (Å²) < 4.78 is 1.99. The van der Waals surface area contributed by atoms with Crippen molar-refractivity contribution in [2.24, 2.45) is 0 Å². The summed E-state index contributed by atoms with van der Waals surface area (Å²) in [5.41, 5.74) is 1.44. The van der Waals surface area contributed by atoms with Crippen molar-refractivity contribution in [1.82, 2.24) is 4.57 Å². The van der Waals surface area contributed by atoms with E-state index in [1.54, 1.807) is 0 Å².